The minimum absolute atomic E-state index is 0.150. The van der Waals surface area contributed by atoms with E-state index in [9.17, 15) is 4.79 Å². The molecule has 0 unspecified atom stereocenters. The first kappa shape index (κ1) is 23.0. The second-order valence-electron chi connectivity index (χ2n) is 6.85. The normalized spacial score (nSPS) is 10.8. The number of carbonyl (C=O) groups excluding carboxylic acids is 1. The summed E-state index contributed by atoms with van der Waals surface area (Å²) < 4.78 is 6.91. The van der Waals surface area contributed by atoms with Crippen LogP contribution in [-0.4, -0.2) is 38.0 Å². The van der Waals surface area contributed by atoms with Crippen LogP contribution in [0.1, 0.15) is 21.7 Å². The van der Waals surface area contributed by atoms with Gasteiger partial charge in [-0.05, 0) is 48.9 Å². The SMILES string of the molecule is COc1ccc(Cl)cc1NC(=O)c1nnn(-c2ccc(C)c(Cl)c2)c1CSc1ncccn1. The number of hydrogen-bond donors (Lipinski definition) is 1. The van der Waals surface area contributed by atoms with E-state index in [4.69, 9.17) is 27.9 Å². The molecule has 2 aromatic heterocycles. The Morgan fingerprint density at radius 3 is 2.67 bits per heavy atom. The molecule has 0 bridgehead atoms. The molecule has 0 spiro atoms. The van der Waals surface area contributed by atoms with Crippen molar-refractivity contribution in [2.75, 3.05) is 12.4 Å². The number of anilines is 1. The molecule has 4 aromatic rings. The van der Waals surface area contributed by atoms with Crippen LogP contribution < -0.4 is 10.1 Å². The molecule has 4 rings (SSSR count). The number of hydrogen-bond acceptors (Lipinski definition) is 7. The molecule has 0 saturated carbocycles. The molecule has 33 heavy (non-hydrogen) atoms. The van der Waals surface area contributed by atoms with E-state index in [-0.39, 0.29) is 5.69 Å². The minimum atomic E-state index is -0.454. The van der Waals surface area contributed by atoms with Crippen molar-refractivity contribution in [1.82, 2.24) is 25.0 Å². The van der Waals surface area contributed by atoms with Gasteiger partial charge >= 0.3 is 0 Å². The fourth-order valence-corrected chi connectivity index (χ4v) is 4.12. The first-order valence-electron chi connectivity index (χ1n) is 9.72. The Hall–Kier alpha value is -3.14. The number of amides is 1. The number of nitrogens with one attached hydrogen (secondary N) is 1. The predicted octanol–water partition coefficient (Wildman–Crippen LogP) is 5.23. The second-order valence-corrected chi connectivity index (χ2v) is 8.63. The van der Waals surface area contributed by atoms with E-state index in [2.05, 4.69) is 25.6 Å². The molecule has 0 aliphatic carbocycles. The number of benzene rings is 2. The fraction of sp³-hybridized carbons (Fsp3) is 0.136. The summed E-state index contributed by atoms with van der Waals surface area (Å²) in [5, 5.41) is 12.8. The van der Waals surface area contributed by atoms with Gasteiger partial charge in [-0.15, -0.1) is 5.10 Å². The van der Waals surface area contributed by atoms with Crippen molar-refractivity contribution in [3.63, 3.8) is 0 Å². The molecular formula is C22H18Cl2N6O2S. The summed E-state index contributed by atoms with van der Waals surface area (Å²) in [6, 6.07) is 12.2. The average Bonchev–Trinajstić information content (AvgIpc) is 3.24. The number of nitrogens with zero attached hydrogens (tertiary/aromatic N) is 5. The lowest BCUT2D eigenvalue weighted by molar-refractivity contribution is 0.102. The van der Waals surface area contributed by atoms with Gasteiger partial charge in [-0.2, -0.15) is 0 Å². The Morgan fingerprint density at radius 2 is 1.94 bits per heavy atom. The Bertz CT molecular complexity index is 1300. The van der Waals surface area contributed by atoms with Crippen molar-refractivity contribution in [3.8, 4) is 11.4 Å². The third-order valence-electron chi connectivity index (χ3n) is 4.67. The van der Waals surface area contributed by atoms with Crippen molar-refractivity contribution in [2.45, 2.75) is 17.8 Å². The predicted molar refractivity (Wildman–Crippen MR) is 129 cm³/mol. The molecule has 1 amide bonds. The number of aryl methyl sites for hydroxylation is 1. The maximum Gasteiger partial charge on any atom is 0.278 e. The highest BCUT2D eigenvalue weighted by Gasteiger charge is 2.23. The number of thioether (sulfide) groups is 1. The Kier molecular flexibility index (Phi) is 7.12. The van der Waals surface area contributed by atoms with Crippen LogP contribution in [0.2, 0.25) is 10.0 Å². The van der Waals surface area contributed by atoms with Gasteiger partial charge in [0.25, 0.3) is 5.91 Å². The van der Waals surface area contributed by atoms with Crippen LogP contribution in [0.3, 0.4) is 0 Å². The lowest BCUT2D eigenvalue weighted by Gasteiger charge is -2.11. The molecule has 0 saturated heterocycles. The maximum atomic E-state index is 13.2. The molecule has 0 fully saturated rings. The zero-order valence-corrected chi connectivity index (χ0v) is 19.9. The highest BCUT2D eigenvalue weighted by molar-refractivity contribution is 7.98. The summed E-state index contributed by atoms with van der Waals surface area (Å²) in [6.45, 7) is 1.91. The molecule has 0 aliphatic rings. The van der Waals surface area contributed by atoms with Crippen LogP contribution in [0, 0.1) is 6.92 Å². The van der Waals surface area contributed by atoms with Crippen molar-refractivity contribution in [1.29, 1.82) is 0 Å². The number of halogens is 2. The highest BCUT2D eigenvalue weighted by atomic mass is 35.5. The fourth-order valence-electron chi connectivity index (χ4n) is 2.98. The van der Waals surface area contributed by atoms with E-state index in [1.54, 1.807) is 47.4 Å². The van der Waals surface area contributed by atoms with Gasteiger partial charge in [0, 0.05) is 28.2 Å². The summed E-state index contributed by atoms with van der Waals surface area (Å²) in [7, 11) is 1.51. The van der Waals surface area contributed by atoms with Crippen LogP contribution in [-0.2, 0) is 5.75 Å². The molecule has 8 nitrogen and oxygen atoms in total. The second kappa shape index (κ2) is 10.2. The number of rotatable bonds is 7. The summed E-state index contributed by atoms with van der Waals surface area (Å²) >= 11 is 13.8. The molecular weight excluding hydrogens is 483 g/mol. The summed E-state index contributed by atoms with van der Waals surface area (Å²) in [6.07, 6.45) is 3.31. The van der Waals surface area contributed by atoms with E-state index >= 15 is 0 Å². The Labute approximate surface area is 204 Å². The molecule has 168 valence electrons. The summed E-state index contributed by atoms with van der Waals surface area (Å²) in [5.41, 5.74) is 2.75. The number of methoxy groups -OCH3 is 1. The largest absolute Gasteiger partial charge is 0.495 e. The van der Waals surface area contributed by atoms with Gasteiger partial charge in [-0.1, -0.05) is 46.2 Å². The summed E-state index contributed by atoms with van der Waals surface area (Å²) in [4.78, 5) is 21.7. The van der Waals surface area contributed by atoms with E-state index in [0.29, 0.717) is 43.8 Å². The lowest BCUT2D eigenvalue weighted by Crippen LogP contribution is -2.16. The monoisotopic (exact) mass is 500 g/mol. The third kappa shape index (κ3) is 5.27. The first-order valence-corrected chi connectivity index (χ1v) is 11.5. The molecule has 0 radical (unpaired) electrons. The van der Waals surface area contributed by atoms with E-state index in [1.807, 2.05) is 19.1 Å². The Balaban J connectivity index is 1.71. The average molecular weight is 501 g/mol. The van der Waals surface area contributed by atoms with Crippen LogP contribution in [0.4, 0.5) is 5.69 Å². The number of aromatic nitrogens is 5. The molecule has 2 aromatic carbocycles. The first-order chi connectivity index (χ1) is 16.0. The number of carbonyl (C=O) groups is 1. The topological polar surface area (TPSA) is 94.8 Å². The van der Waals surface area contributed by atoms with Crippen LogP contribution in [0.25, 0.3) is 5.69 Å². The quantitative estimate of drug-likeness (QED) is 0.274. The van der Waals surface area contributed by atoms with Crippen molar-refractivity contribution in [3.05, 3.63) is 81.9 Å². The molecule has 2 heterocycles. The van der Waals surface area contributed by atoms with Gasteiger partial charge in [0.2, 0.25) is 0 Å². The van der Waals surface area contributed by atoms with Crippen LogP contribution in [0.5, 0.6) is 5.75 Å². The van der Waals surface area contributed by atoms with Gasteiger partial charge in [0.1, 0.15) is 5.75 Å². The molecule has 0 aliphatic heterocycles. The van der Waals surface area contributed by atoms with E-state index in [1.165, 1.54) is 18.9 Å². The highest BCUT2D eigenvalue weighted by Crippen LogP contribution is 2.29. The molecule has 1 N–H and O–H groups in total. The van der Waals surface area contributed by atoms with Crippen LogP contribution >= 0.6 is 35.0 Å². The van der Waals surface area contributed by atoms with Gasteiger partial charge in [-0.25, -0.2) is 14.6 Å². The zero-order valence-electron chi connectivity index (χ0n) is 17.6. The van der Waals surface area contributed by atoms with Gasteiger partial charge in [0.05, 0.1) is 24.2 Å². The van der Waals surface area contributed by atoms with E-state index < -0.39 is 5.91 Å². The number of ether oxygens (including phenoxy) is 1. The van der Waals surface area contributed by atoms with Crippen molar-refractivity contribution < 1.29 is 9.53 Å². The van der Waals surface area contributed by atoms with Crippen molar-refractivity contribution in [2.24, 2.45) is 0 Å². The van der Waals surface area contributed by atoms with Gasteiger partial charge in [-0.3, -0.25) is 4.79 Å². The van der Waals surface area contributed by atoms with E-state index in [0.717, 1.165) is 5.56 Å². The van der Waals surface area contributed by atoms with Crippen LogP contribution in [0.15, 0.2) is 60.0 Å². The third-order valence-corrected chi connectivity index (χ3v) is 6.20. The summed E-state index contributed by atoms with van der Waals surface area (Å²) in [5.74, 6) is 0.362. The minimum Gasteiger partial charge on any atom is -0.495 e. The van der Waals surface area contributed by atoms with Crippen molar-refractivity contribution >= 4 is 46.6 Å². The molecule has 0 atom stereocenters. The zero-order chi connectivity index (χ0) is 23.4. The maximum absolute atomic E-state index is 13.2. The Morgan fingerprint density at radius 1 is 1.15 bits per heavy atom. The lowest BCUT2D eigenvalue weighted by atomic mass is 10.2. The van der Waals surface area contributed by atoms with Gasteiger partial charge in [0.15, 0.2) is 10.9 Å². The smallest absolute Gasteiger partial charge is 0.278 e. The van der Waals surface area contributed by atoms with Gasteiger partial charge < -0.3 is 10.1 Å². The standard InChI is InChI=1S/C22H18Cl2N6O2S/c1-13-4-6-15(11-16(13)24)30-18(12-33-22-25-8-3-9-26-22)20(28-29-30)21(31)27-17-10-14(23)5-7-19(17)32-2/h3-11H,12H2,1-2H3,(H,27,31). The molecule has 11 heteroatoms.